The van der Waals surface area contributed by atoms with Gasteiger partial charge in [0.25, 0.3) is 15.8 Å². The van der Waals surface area contributed by atoms with Crippen molar-refractivity contribution in [2.45, 2.75) is 18.7 Å². The van der Waals surface area contributed by atoms with Gasteiger partial charge in [0.1, 0.15) is 0 Å². The van der Waals surface area contributed by atoms with Crippen LogP contribution in [-0.2, 0) is 10.1 Å². The van der Waals surface area contributed by atoms with Crippen LogP contribution in [0.4, 0.5) is 17.1 Å². The number of nitrogens with zero attached hydrogens (tertiary/aromatic N) is 3. The molecular weight excluding hydrogens is 420 g/mol. The fourth-order valence-corrected chi connectivity index (χ4v) is 2.88. The van der Waals surface area contributed by atoms with Gasteiger partial charge in [-0.15, -0.1) is 0 Å². The summed E-state index contributed by atoms with van der Waals surface area (Å²) in [5.41, 5.74) is 2.77. The second-order valence-corrected chi connectivity index (χ2v) is 7.49. The first-order valence-corrected chi connectivity index (χ1v) is 9.64. The van der Waals surface area contributed by atoms with E-state index in [0.717, 1.165) is 23.3 Å². The van der Waals surface area contributed by atoms with Crippen molar-refractivity contribution < 1.29 is 32.5 Å². The highest BCUT2D eigenvalue weighted by Crippen LogP contribution is 2.32. The SMILES string of the molecule is COc1cc([N+](=O)[O-])ccc1NN(N=C(C)C)c1ccc(S(=O)(=O)O)cc1C(=O)O. The summed E-state index contributed by atoms with van der Waals surface area (Å²) in [5, 5.41) is 25.7. The minimum atomic E-state index is -4.63. The summed E-state index contributed by atoms with van der Waals surface area (Å²) in [6.07, 6.45) is 0. The normalized spacial score (nSPS) is 10.8. The van der Waals surface area contributed by atoms with Crippen LogP contribution >= 0.6 is 0 Å². The van der Waals surface area contributed by atoms with Crippen molar-refractivity contribution in [3.8, 4) is 5.75 Å². The summed E-state index contributed by atoms with van der Waals surface area (Å²) in [6, 6.07) is 6.67. The molecule has 0 saturated carbocycles. The Labute approximate surface area is 171 Å². The van der Waals surface area contributed by atoms with E-state index in [1.54, 1.807) is 13.8 Å². The number of hydrogen-bond acceptors (Lipinski definition) is 9. The third-order valence-corrected chi connectivity index (χ3v) is 4.50. The van der Waals surface area contributed by atoms with Gasteiger partial charge in [-0.05, 0) is 38.1 Å². The summed E-state index contributed by atoms with van der Waals surface area (Å²) in [7, 11) is -3.33. The molecule has 0 heterocycles. The van der Waals surface area contributed by atoms with Gasteiger partial charge in [0, 0.05) is 11.8 Å². The Hall–Kier alpha value is -3.71. The Morgan fingerprint density at radius 2 is 1.90 bits per heavy atom. The van der Waals surface area contributed by atoms with Crippen molar-refractivity contribution in [3.63, 3.8) is 0 Å². The van der Waals surface area contributed by atoms with E-state index in [2.05, 4.69) is 10.5 Å². The molecule has 0 saturated heterocycles. The van der Waals surface area contributed by atoms with Gasteiger partial charge >= 0.3 is 5.97 Å². The first-order valence-electron chi connectivity index (χ1n) is 8.20. The number of aromatic carboxylic acids is 1. The van der Waals surface area contributed by atoms with Gasteiger partial charge in [-0.2, -0.15) is 18.6 Å². The zero-order chi connectivity index (χ0) is 22.6. The zero-order valence-electron chi connectivity index (χ0n) is 16.1. The Morgan fingerprint density at radius 1 is 1.23 bits per heavy atom. The standard InChI is InChI=1S/C17H18N4O8S/c1-10(2)18-20(19-14-6-4-11(21(24)25)8-16(14)29-3)15-7-5-12(30(26,27)28)9-13(15)17(22)23/h4-9,19H,1-3H3,(H,22,23)(H,26,27,28). The summed E-state index contributed by atoms with van der Waals surface area (Å²) >= 11 is 0. The number of methoxy groups -OCH3 is 1. The molecule has 0 radical (unpaired) electrons. The number of carboxylic acids is 1. The van der Waals surface area contributed by atoms with Crippen LogP contribution in [0.1, 0.15) is 24.2 Å². The lowest BCUT2D eigenvalue weighted by molar-refractivity contribution is -0.384. The van der Waals surface area contributed by atoms with Crippen molar-refractivity contribution in [2.75, 3.05) is 17.7 Å². The Bertz CT molecular complexity index is 1130. The Kier molecular flexibility index (Phi) is 6.59. The molecule has 0 aliphatic rings. The average Bonchev–Trinajstić information content (AvgIpc) is 2.65. The topological polar surface area (TPSA) is 172 Å². The van der Waals surface area contributed by atoms with Gasteiger partial charge in [-0.1, -0.05) is 0 Å². The number of nitro groups is 1. The number of nitrogens with one attached hydrogen (secondary N) is 1. The van der Waals surface area contributed by atoms with Crippen molar-refractivity contribution in [3.05, 3.63) is 52.1 Å². The Balaban J connectivity index is 2.61. The van der Waals surface area contributed by atoms with E-state index >= 15 is 0 Å². The second kappa shape index (κ2) is 8.75. The largest absolute Gasteiger partial charge is 0.494 e. The molecule has 0 spiro atoms. The molecule has 0 bridgehead atoms. The van der Waals surface area contributed by atoms with Crippen LogP contribution in [-0.4, -0.2) is 41.8 Å². The zero-order valence-corrected chi connectivity index (χ0v) is 16.9. The maximum atomic E-state index is 11.7. The van der Waals surface area contributed by atoms with Crippen molar-refractivity contribution >= 4 is 38.9 Å². The predicted octanol–water partition coefficient (Wildman–Crippen LogP) is 2.78. The van der Waals surface area contributed by atoms with E-state index < -0.39 is 31.5 Å². The van der Waals surface area contributed by atoms with Gasteiger partial charge in [0.05, 0.1) is 39.9 Å². The van der Waals surface area contributed by atoms with Gasteiger partial charge in [0.2, 0.25) is 0 Å². The summed E-state index contributed by atoms with van der Waals surface area (Å²) in [5.74, 6) is -1.38. The summed E-state index contributed by atoms with van der Waals surface area (Å²) in [6.45, 7) is 3.27. The molecule has 0 aromatic heterocycles. The molecule has 0 amide bonds. The number of anilines is 2. The van der Waals surface area contributed by atoms with Crippen molar-refractivity contribution in [2.24, 2.45) is 5.10 Å². The number of hydrogen-bond donors (Lipinski definition) is 3. The molecule has 2 rings (SSSR count). The minimum absolute atomic E-state index is 0.0588. The van der Waals surface area contributed by atoms with Gasteiger partial charge < -0.3 is 9.84 Å². The Morgan fingerprint density at radius 3 is 2.40 bits per heavy atom. The van der Waals surface area contributed by atoms with Crippen LogP contribution in [0.5, 0.6) is 5.75 Å². The van der Waals surface area contributed by atoms with Crippen LogP contribution in [0, 0.1) is 10.1 Å². The van der Waals surface area contributed by atoms with E-state index in [0.29, 0.717) is 5.71 Å². The molecule has 30 heavy (non-hydrogen) atoms. The maximum absolute atomic E-state index is 11.7. The van der Waals surface area contributed by atoms with Crippen LogP contribution in [0.2, 0.25) is 0 Å². The highest BCUT2D eigenvalue weighted by Gasteiger charge is 2.22. The van der Waals surface area contributed by atoms with Gasteiger partial charge in [-0.3, -0.25) is 20.1 Å². The first kappa shape index (κ1) is 22.6. The number of nitro benzene ring substituents is 1. The lowest BCUT2D eigenvalue weighted by Gasteiger charge is -2.24. The van der Waals surface area contributed by atoms with Gasteiger partial charge in [0.15, 0.2) is 5.75 Å². The number of carbonyl (C=O) groups is 1. The van der Waals surface area contributed by atoms with E-state index in [1.807, 2.05) is 0 Å². The smallest absolute Gasteiger partial charge is 0.338 e. The van der Waals surface area contributed by atoms with Crippen LogP contribution in [0.25, 0.3) is 0 Å². The molecule has 2 aromatic carbocycles. The number of hydrazine groups is 1. The third kappa shape index (κ3) is 5.21. The quantitative estimate of drug-likeness (QED) is 0.241. The molecule has 13 heteroatoms. The van der Waals surface area contributed by atoms with Crippen LogP contribution in [0.3, 0.4) is 0 Å². The molecule has 12 nitrogen and oxygen atoms in total. The molecular formula is C17H18N4O8S. The molecule has 0 fully saturated rings. The first-order chi connectivity index (χ1) is 13.9. The average molecular weight is 438 g/mol. The lowest BCUT2D eigenvalue weighted by atomic mass is 10.2. The number of non-ortho nitro benzene ring substituents is 1. The molecule has 2 aromatic rings. The van der Waals surface area contributed by atoms with E-state index in [1.165, 1.54) is 25.3 Å². The third-order valence-electron chi connectivity index (χ3n) is 3.65. The lowest BCUT2D eigenvalue weighted by Crippen LogP contribution is -2.27. The highest BCUT2D eigenvalue weighted by molar-refractivity contribution is 7.85. The maximum Gasteiger partial charge on any atom is 0.338 e. The number of hydrazone groups is 1. The number of benzene rings is 2. The molecule has 0 aliphatic carbocycles. The van der Waals surface area contributed by atoms with Gasteiger partial charge in [-0.25, -0.2) is 4.79 Å². The van der Waals surface area contributed by atoms with E-state index in [4.69, 9.17) is 4.74 Å². The summed E-state index contributed by atoms with van der Waals surface area (Å²) < 4.78 is 37.1. The molecule has 0 unspecified atom stereocenters. The van der Waals surface area contributed by atoms with Crippen molar-refractivity contribution in [1.29, 1.82) is 0 Å². The fourth-order valence-electron chi connectivity index (χ4n) is 2.37. The molecule has 0 aliphatic heterocycles. The predicted molar refractivity (Wildman–Crippen MR) is 108 cm³/mol. The highest BCUT2D eigenvalue weighted by atomic mass is 32.2. The monoisotopic (exact) mass is 438 g/mol. The molecule has 3 N–H and O–H groups in total. The molecule has 0 atom stereocenters. The number of ether oxygens (including phenoxy) is 1. The second-order valence-electron chi connectivity index (χ2n) is 6.07. The van der Waals surface area contributed by atoms with E-state index in [-0.39, 0.29) is 22.8 Å². The molecule has 160 valence electrons. The van der Waals surface area contributed by atoms with Crippen LogP contribution < -0.4 is 15.3 Å². The van der Waals surface area contributed by atoms with E-state index in [9.17, 15) is 33.0 Å². The van der Waals surface area contributed by atoms with Crippen LogP contribution in [0.15, 0.2) is 46.4 Å². The fraction of sp³-hybridized carbons (Fsp3) is 0.176. The number of rotatable bonds is 8. The number of carboxylic acid groups (broad SMARTS) is 1. The minimum Gasteiger partial charge on any atom is -0.494 e. The summed E-state index contributed by atoms with van der Waals surface area (Å²) in [4.78, 5) is 21.5. The van der Waals surface area contributed by atoms with Crippen molar-refractivity contribution in [1.82, 2.24) is 0 Å².